The van der Waals surface area contributed by atoms with Gasteiger partial charge in [-0.15, -0.1) is 5.54 Å². The summed E-state index contributed by atoms with van der Waals surface area (Å²) in [6, 6.07) is 8.20. The summed E-state index contributed by atoms with van der Waals surface area (Å²) in [4.78, 5) is 11.0. The maximum Gasteiger partial charge on any atom is 0.220 e. The molecule has 5 nitrogen and oxygen atoms in total. The molecule has 1 heterocycles. The predicted molar refractivity (Wildman–Crippen MR) is 108 cm³/mol. The SMILES string of the molecule is C[Si](C)(C)C#Cc1cccc(N2C(N)=NC(N)=NC23CCCCC3)c1. The van der Waals surface area contributed by atoms with Crippen molar-refractivity contribution in [1.82, 2.24) is 0 Å². The van der Waals surface area contributed by atoms with Gasteiger partial charge in [0.15, 0.2) is 0 Å². The van der Waals surface area contributed by atoms with Crippen LogP contribution in [-0.4, -0.2) is 25.7 Å². The largest absolute Gasteiger partial charge is 0.369 e. The summed E-state index contributed by atoms with van der Waals surface area (Å²) >= 11 is 0. The summed E-state index contributed by atoms with van der Waals surface area (Å²) in [5.74, 6) is 4.03. The number of guanidine groups is 2. The van der Waals surface area contributed by atoms with E-state index in [-0.39, 0.29) is 5.96 Å². The number of hydrogen-bond donors (Lipinski definition) is 2. The third-order valence-corrected chi connectivity index (χ3v) is 5.41. The highest BCUT2D eigenvalue weighted by molar-refractivity contribution is 6.83. The number of rotatable bonds is 1. The Balaban J connectivity index is 2.01. The van der Waals surface area contributed by atoms with Crippen LogP contribution in [-0.2, 0) is 0 Å². The highest BCUT2D eigenvalue weighted by Gasteiger charge is 2.42. The summed E-state index contributed by atoms with van der Waals surface area (Å²) in [6.45, 7) is 6.73. The molecular weight excluding hydrogens is 326 g/mol. The zero-order valence-corrected chi connectivity index (χ0v) is 16.3. The normalized spacial score (nSPS) is 19.7. The Morgan fingerprint density at radius 3 is 2.52 bits per heavy atom. The van der Waals surface area contributed by atoms with Gasteiger partial charge in [0.25, 0.3) is 0 Å². The molecular formula is C19H27N5Si. The van der Waals surface area contributed by atoms with Crippen molar-refractivity contribution >= 4 is 25.7 Å². The van der Waals surface area contributed by atoms with E-state index in [0.717, 1.165) is 36.9 Å². The molecule has 4 N–H and O–H groups in total. The van der Waals surface area contributed by atoms with Gasteiger partial charge in [0, 0.05) is 11.3 Å². The highest BCUT2D eigenvalue weighted by Crippen LogP contribution is 2.39. The van der Waals surface area contributed by atoms with Crippen LogP contribution in [0.4, 0.5) is 5.69 Å². The number of aliphatic imine (C=N–C) groups is 2. The first-order valence-corrected chi connectivity index (χ1v) is 12.4. The molecule has 1 fully saturated rings. The molecule has 3 rings (SSSR count). The molecule has 1 aliphatic heterocycles. The highest BCUT2D eigenvalue weighted by atomic mass is 28.3. The average molecular weight is 354 g/mol. The van der Waals surface area contributed by atoms with Crippen LogP contribution in [0.2, 0.25) is 19.6 Å². The topological polar surface area (TPSA) is 80.0 Å². The zero-order valence-electron chi connectivity index (χ0n) is 15.3. The fraction of sp³-hybridized carbons (Fsp3) is 0.474. The van der Waals surface area contributed by atoms with E-state index < -0.39 is 13.7 Å². The number of anilines is 1. The van der Waals surface area contributed by atoms with Crippen LogP contribution >= 0.6 is 0 Å². The van der Waals surface area contributed by atoms with Crippen molar-refractivity contribution in [1.29, 1.82) is 0 Å². The monoisotopic (exact) mass is 353 g/mol. The molecule has 0 atom stereocenters. The minimum Gasteiger partial charge on any atom is -0.369 e. The quantitative estimate of drug-likeness (QED) is 0.601. The van der Waals surface area contributed by atoms with Crippen LogP contribution in [0.1, 0.15) is 37.7 Å². The molecule has 1 aliphatic carbocycles. The number of nitrogens with two attached hydrogens (primary N) is 2. The van der Waals surface area contributed by atoms with Crippen LogP contribution < -0.4 is 16.4 Å². The molecule has 132 valence electrons. The lowest BCUT2D eigenvalue weighted by Crippen LogP contribution is -2.58. The van der Waals surface area contributed by atoms with Gasteiger partial charge in [0.05, 0.1) is 0 Å². The third-order valence-electron chi connectivity index (χ3n) is 4.54. The summed E-state index contributed by atoms with van der Waals surface area (Å²) in [6.07, 6.45) is 5.35. The van der Waals surface area contributed by atoms with Gasteiger partial charge in [-0.2, -0.15) is 4.99 Å². The Labute approximate surface area is 151 Å². The summed E-state index contributed by atoms with van der Waals surface area (Å²) < 4.78 is 0. The first-order chi connectivity index (χ1) is 11.8. The van der Waals surface area contributed by atoms with E-state index in [4.69, 9.17) is 16.5 Å². The van der Waals surface area contributed by atoms with Gasteiger partial charge in [0.2, 0.25) is 11.9 Å². The maximum atomic E-state index is 6.29. The summed E-state index contributed by atoms with van der Waals surface area (Å²) in [5.41, 5.74) is 17.2. The Morgan fingerprint density at radius 1 is 1.12 bits per heavy atom. The van der Waals surface area contributed by atoms with E-state index in [1.165, 1.54) is 6.42 Å². The van der Waals surface area contributed by atoms with Crippen molar-refractivity contribution < 1.29 is 0 Å². The summed E-state index contributed by atoms with van der Waals surface area (Å²) in [7, 11) is -1.42. The fourth-order valence-corrected chi connectivity index (χ4v) is 4.00. The Kier molecular flexibility index (Phi) is 4.61. The molecule has 0 bridgehead atoms. The number of nitrogens with zero attached hydrogens (tertiary/aromatic N) is 3. The molecule has 1 aromatic rings. The van der Waals surface area contributed by atoms with Crippen LogP contribution in [0.15, 0.2) is 34.3 Å². The van der Waals surface area contributed by atoms with Gasteiger partial charge in [-0.1, -0.05) is 38.0 Å². The minimum atomic E-state index is -1.42. The van der Waals surface area contributed by atoms with E-state index in [0.29, 0.717) is 5.96 Å². The lowest BCUT2D eigenvalue weighted by Gasteiger charge is -2.45. The standard InChI is InChI=1S/C19H27N5Si/c1-25(2,3)13-10-15-8-7-9-16(14-15)24-18(21)22-17(20)23-19(24)11-5-4-6-12-19/h7-9,14H,4-6,11-12H2,1-3H3,(H4,20,21,22,23). The van der Waals surface area contributed by atoms with Crippen molar-refractivity contribution in [2.75, 3.05) is 4.90 Å². The molecule has 0 saturated heterocycles. The predicted octanol–water partition coefficient (Wildman–Crippen LogP) is 3.03. The van der Waals surface area contributed by atoms with E-state index in [1.54, 1.807) is 0 Å². The summed E-state index contributed by atoms with van der Waals surface area (Å²) in [5, 5.41) is 0. The average Bonchev–Trinajstić information content (AvgIpc) is 2.52. The van der Waals surface area contributed by atoms with Crippen molar-refractivity contribution in [2.24, 2.45) is 21.5 Å². The van der Waals surface area contributed by atoms with Crippen LogP contribution in [0.25, 0.3) is 0 Å². The molecule has 0 amide bonds. The van der Waals surface area contributed by atoms with Gasteiger partial charge in [0.1, 0.15) is 13.7 Å². The van der Waals surface area contributed by atoms with Crippen molar-refractivity contribution in [3.8, 4) is 11.5 Å². The molecule has 0 radical (unpaired) electrons. The van der Waals surface area contributed by atoms with E-state index >= 15 is 0 Å². The molecule has 0 unspecified atom stereocenters. The van der Waals surface area contributed by atoms with Crippen LogP contribution in [0, 0.1) is 11.5 Å². The Bertz CT molecular complexity index is 773. The first-order valence-electron chi connectivity index (χ1n) is 8.92. The van der Waals surface area contributed by atoms with Crippen molar-refractivity contribution in [2.45, 2.75) is 57.4 Å². The molecule has 1 aromatic carbocycles. The fourth-order valence-electron chi connectivity index (χ4n) is 3.48. The minimum absolute atomic E-state index is 0.283. The van der Waals surface area contributed by atoms with Crippen molar-refractivity contribution in [3.05, 3.63) is 29.8 Å². The lowest BCUT2D eigenvalue weighted by molar-refractivity contribution is 0.305. The van der Waals surface area contributed by atoms with Crippen LogP contribution in [0.3, 0.4) is 0 Å². The molecule has 1 saturated carbocycles. The second-order valence-corrected chi connectivity index (χ2v) is 12.6. The first kappa shape index (κ1) is 17.6. The Hall–Kier alpha value is -2.26. The van der Waals surface area contributed by atoms with Gasteiger partial charge >= 0.3 is 0 Å². The lowest BCUT2D eigenvalue weighted by atomic mass is 9.87. The second-order valence-electron chi connectivity index (χ2n) is 7.87. The maximum absolute atomic E-state index is 6.29. The van der Waals surface area contributed by atoms with Gasteiger partial charge < -0.3 is 11.5 Å². The molecule has 6 heteroatoms. The van der Waals surface area contributed by atoms with Crippen LogP contribution in [0.5, 0.6) is 0 Å². The van der Waals surface area contributed by atoms with Gasteiger partial charge in [-0.3, -0.25) is 4.90 Å². The molecule has 25 heavy (non-hydrogen) atoms. The molecule has 1 spiro atoms. The zero-order chi connectivity index (χ0) is 18.1. The van der Waals surface area contributed by atoms with Gasteiger partial charge in [-0.05, 0) is 43.9 Å². The van der Waals surface area contributed by atoms with Crippen molar-refractivity contribution in [3.63, 3.8) is 0 Å². The van der Waals surface area contributed by atoms with Gasteiger partial charge in [-0.25, -0.2) is 4.99 Å². The molecule has 0 aromatic heterocycles. The Morgan fingerprint density at radius 2 is 1.84 bits per heavy atom. The third kappa shape index (κ3) is 3.88. The van der Waals surface area contributed by atoms with E-state index in [9.17, 15) is 0 Å². The van der Waals surface area contributed by atoms with E-state index in [1.807, 2.05) is 12.1 Å². The number of benzene rings is 1. The molecule has 2 aliphatic rings. The number of hydrogen-bond acceptors (Lipinski definition) is 5. The van der Waals surface area contributed by atoms with E-state index in [2.05, 4.69) is 53.1 Å². The second kappa shape index (κ2) is 6.56. The smallest absolute Gasteiger partial charge is 0.220 e.